The molecule has 1 N–H and O–H groups in total. The Bertz CT molecular complexity index is 452. The molecule has 1 rings (SSSR count). The van der Waals surface area contributed by atoms with Crippen LogP contribution in [0.1, 0.15) is 29.7 Å². The van der Waals surface area contributed by atoms with E-state index in [0.717, 1.165) is 11.1 Å². The maximum atomic E-state index is 11.1. The van der Waals surface area contributed by atoms with Gasteiger partial charge in [0.1, 0.15) is 0 Å². The average Bonchev–Trinajstić information content (AvgIpc) is 1.99. The fourth-order valence-corrected chi connectivity index (χ4v) is 2.47. The van der Waals surface area contributed by atoms with E-state index in [0.29, 0.717) is 0 Å². The normalized spacial score (nSPS) is 13.9. The van der Waals surface area contributed by atoms with E-state index >= 15 is 0 Å². The number of sulfonamides is 1. The number of benzene rings is 1. The topological polar surface area (TPSA) is 46.2 Å². The van der Waals surface area contributed by atoms with E-state index in [1.165, 1.54) is 11.8 Å². The molecule has 1 aromatic carbocycles. The first-order valence-electron chi connectivity index (χ1n) is 4.84. The molecule has 0 saturated carbocycles. The highest BCUT2D eigenvalue weighted by atomic mass is 32.2. The van der Waals surface area contributed by atoms with Crippen molar-refractivity contribution in [2.24, 2.45) is 0 Å². The van der Waals surface area contributed by atoms with Gasteiger partial charge in [0.05, 0.1) is 6.26 Å². The monoisotopic (exact) mass is 227 g/mol. The highest BCUT2D eigenvalue weighted by Gasteiger charge is 2.12. The molecule has 0 amide bonds. The van der Waals surface area contributed by atoms with Crippen LogP contribution in [-0.4, -0.2) is 14.7 Å². The van der Waals surface area contributed by atoms with E-state index < -0.39 is 10.0 Å². The molecule has 0 aliphatic heterocycles. The van der Waals surface area contributed by atoms with Gasteiger partial charge in [-0.3, -0.25) is 0 Å². The largest absolute Gasteiger partial charge is 0.213 e. The summed E-state index contributed by atoms with van der Waals surface area (Å²) in [5.74, 6) is 0. The standard InChI is InChI=1S/C11H17NO2S/c1-8-5-6-11(9(2)7-8)10(3)12-15(4,13)14/h5-7,10,12H,1-4H3/t10-/m1/s1. The Morgan fingerprint density at radius 3 is 2.33 bits per heavy atom. The first kappa shape index (κ1) is 12.2. The van der Waals surface area contributed by atoms with Crippen LogP contribution >= 0.6 is 0 Å². The average molecular weight is 227 g/mol. The molecule has 1 atom stereocenters. The van der Waals surface area contributed by atoms with Crippen molar-refractivity contribution in [3.8, 4) is 0 Å². The van der Waals surface area contributed by atoms with Gasteiger partial charge in [-0.05, 0) is 31.9 Å². The summed E-state index contributed by atoms with van der Waals surface area (Å²) in [4.78, 5) is 0. The molecule has 4 heteroatoms. The maximum absolute atomic E-state index is 11.1. The third-order valence-electron chi connectivity index (χ3n) is 2.28. The van der Waals surface area contributed by atoms with Gasteiger partial charge in [0.2, 0.25) is 10.0 Å². The van der Waals surface area contributed by atoms with E-state index in [1.54, 1.807) is 0 Å². The van der Waals surface area contributed by atoms with Gasteiger partial charge in [0, 0.05) is 6.04 Å². The van der Waals surface area contributed by atoms with E-state index in [-0.39, 0.29) is 6.04 Å². The highest BCUT2D eigenvalue weighted by molar-refractivity contribution is 7.88. The van der Waals surface area contributed by atoms with Gasteiger partial charge in [-0.2, -0.15) is 0 Å². The molecule has 0 radical (unpaired) electrons. The van der Waals surface area contributed by atoms with Gasteiger partial charge >= 0.3 is 0 Å². The van der Waals surface area contributed by atoms with Crippen LogP contribution in [-0.2, 0) is 10.0 Å². The molecule has 15 heavy (non-hydrogen) atoms. The SMILES string of the molecule is Cc1ccc([C@@H](C)NS(C)(=O)=O)c(C)c1. The van der Waals surface area contributed by atoms with Crippen LogP contribution in [0.5, 0.6) is 0 Å². The Balaban J connectivity index is 2.97. The van der Waals surface area contributed by atoms with Gasteiger partial charge in [0.15, 0.2) is 0 Å². The molecule has 0 unspecified atom stereocenters. The Kier molecular flexibility index (Phi) is 3.52. The molecule has 3 nitrogen and oxygen atoms in total. The lowest BCUT2D eigenvalue weighted by Crippen LogP contribution is -2.25. The molecule has 0 fully saturated rings. The smallest absolute Gasteiger partial charge is 0.209 e. The van der Waals surface area contributed by atoms with Gasteiger partial charge in [-0.25, -0.2) is 13.1 Å². The van der Waals surface area contributed by atoms with Crippen molar-refractivity contribution in [2.45, 2.75) is 26.8 Å². The van der Waals surface area contributed by atoms with Crippen LogP contribution in [0.3, 0.4) is 0 Å². The molecular formula is C11H17NO2S. The number of hydrogen-bond acceptors (Lipinski definition) is 2. The highest BCUT2D eigenvalue weighted by Crippen LogP contribution is 2.18. The summed E-state index contributed by atoms with van der Waals surface area (Å²) < 4.78 is 24.7. The molecule has 0 bridgehead atoms. The van der Waals surface area contributed by atoms with E-state index in [4.69, 9.17) is 0 Å². The summed E-state index contributed by atoms with van der Waals surface area (Å²) >= 11 is 0. The molecule has 0 aromatic heterocycles. The lowest BCUT2D eigenvalue weighted by Gasteiger charge is -2.15. The van der Waals surface area contributed by atoms with Gasteiger partial charge in [-0.1, -0.05) is 23.8 Å². The predicted octanol–water partition coefficient (Wildman–Crippen LogP) is 1.91. The summed E-state index contributed by atoms with van der Waals surface area (Å²) in [5.41, 5.74) is 3.31. The van der Waals surface area contributed by atoms with E-state index in [9.17, 15) is 8.42 Å². The second-order valence-electron chi connectivity index (χ2n) is 3.97. The first-order valence-corrected chi connectivity index (χ1v) is 6.73. The Morgan fingerprint density at radius 1 is 1.27 bits per heavy atom. The fourth-order valence-electron chi connectivity index (χ4n) is 1.70. The van der Waals surface area contributed by atoms with Crippen molar-refractivity contribution in [2.75, 3.05) is 6.26 Å². The first-order chi connectivity index (χ1) is 6.79. The number of hydrogen-bond donors (Lipinski definition) is 1. The third kappa shape index (κ3) is 3.64. The molecule has 1 aromatic rings. The van der Waals surface area contributed by atoms with Crippen LogP contribution in [0, 0.1) is 13.8 Å². The second-order valence-corrected chi connectivity index (χ2v) is 5.75. The summed E-state index contributed by atoms with van der Waals surface area (Å²) in [5, 5.41) is 0. The minimum absolute atomic E-state index is 0.180. The quantitative estimate of drug-likeness (QED) is 0.857. The van der Waals surface area contributed by atoms with Gasteiger partial charge < -0.3 is 0 Å². The minimum atomic E-state index is -3.15. The van der Waals surface area contributed by atoms with Crippen LogP contribution in [0.4, 0.5) is 0 Å². The summed E-state index contributed by atoms with van der Waals surface area (Å²) in [6.45, 7) is 5.85. The number of nitrogens with one attached hydrogen (secondary N) is 1. The molecule has 0 spiro atoms. The Hall–Kier alpha value is -0.870. The van der Waals surface area contributed by atoms with Crippen molar-refractivity contribution in [3.63, 3.8) is 0 Å². The molecular weight excluding hydrogens is 210 g/mol. The van der Waals surface area contributed by atoms with Crippen molar-refractivity contribution in [1.29, 1.82) is 0 Å². The summed E-state index contributed by atoms with van der Waals surface area (Å²) in [6.07, 6.45) is 1.17. The van der Waals surface area contributed by atoms with Crippen molar-refractivity contribution >= 4 is 10.0 Å². The molecule has 0 aliphatic carbocycles. The predicted molar refractivity (Wildman–Crippen MR) is 62.3 cm³/mol. The van der Waals surface area contributed by atoms with E-state index in [2.05, 4.69) is 10.8 Å². The van der Waals surface area contributed by atoms with E-state index in [1.807, 2.05) is 32.9 Å². The van der Waals surface area contributed by atoms with Crippen LogP contribution in [0.15, 0.2) is 18.2 Å². The Morgan fingerprint density at radius 2 is 1.87 bits per heavy atom. The van der Waals surface area contributed by atoms with Crippen LogP contribution < -0.4 is 4.72 Å². The van der Waals surface area contributed by atoms with Crippen LogP contribution in [0.2, 0.25) is 0 Å². The zero-order valence-corrected chi connectivity index (χ0v) is 10.4. The van der Waals surface area contributed by atoms with Gasteiger partial charge in [-0.15, -0.1) is 0 Å². The maximum Gasteiger partial charge on any atom is 0.209 e. The van der Waals surface area contributed by atoms with Crippen molar-refractivity contribution < 1.29 is 8.42 Å². The second kappa shape index (κ2) is 4.33. The zero-order valence-electron chi connectivity index (χ0n) is 9.53. The lowest BCUT2D eigenvalue weighted by atomic mass is 10.0. The molecule has 0 heterocycles. The van der Waals surface area contributed by atoms with Gasteiger partial charge in [0.25, 0.3) is 0 Å². The van der Waals surface area contributed by atoms with Crippen LogP contribution in [0.25, 0.3) is 0 Å². The zero-order chi connectivity index (χ0) is 11.6. The number of rotatable bonds is 3. The summed E-state index contributed by atoms with van der Waals surface area (Å²) in [7, 11) is -3.15. The fraction of sp³-hybridized carbons (Fsp3) is 0.455. The van der Waals surface area contributed by atoms with Crippen molar-refractivity contribution in [3.05, 3.63) is 34.9 Å². The number of aryl methyl sites for hydroxylation is 2. The molecule has 0 saturated heterocycles. The third-order valence-corrected chi connectivity index (χ3v) is 3.06. The molecule has 84 valence electrons. The van der Waals surface area contributed by atoms with Crippen molar-refractivity contribution in [1.82, 2.24) is 4.72 Å². The lowest BCUT2D eigenvalue weighted by molar-refractivity contribution is 0.572. The minimum Gasteiger partial charge on any atom is -0.213 e. The molecule has 0 aliphatic rings. The Labute approximate surface area is 91.6 Å². The summed E-state index contributed by atoms with van der Waals surface area (Å²) in [6, 6.07) is 5.83.